The number of anilines is 1. The van der Waals surface area contributed by atoms with Crippen LogP contribution >= 0.6 is 0 Å². The van der Waals surface area contributed by atoms with Crippen molar-refractivity contribution in [2.45, 2.75) is 6.18 Å². The van der Waals surface area contributed by atoms with Crippen molar-refractivity contribution in [3.63, 3.8) is 0 Å². The van der Waals surface area contributed by atoms with Crippen LogP contribution in [0.1, 0.15) is 16.1 Å². The number of amides is 1. The van der Waals surface area contributed by atoms with Crippen LogP contribution in [0.25, 0.3) is 11.0 Å². The maximum absolute atomic E-state index is 12.6. The zero-order chi connectivity index (χ0) is 19.0. The molecule has 0 atom stereocenters. The summed E-state index contributed by atoms with van der Waals surface area (Å²) in [5, 5.41) is 0.869. The van der Waals surface area contributed by atoms with E-state index in [9.17, 15) is 18.0 Å². The monoisotopic (exact) mass is 375 g/mol. The Balaban J connectivity index is 1.41. The van der Waals surface area contributed by atoms with Gasteiger partial charge in [-0.1, -0.05) is 18.2 Å². The van der Waals surface area contributed by atoms with E-state index in [2.05, 4.69) is 4.98 Å². The minimum atomic E-state index is -4.40. The molecule has 3 heterocycles. The van der Waals surface area contributed by atoms with Crippen LogP contribution in [0, 0.1) is 0 Å². The molecule has 0 spiro atoms. The van der Waals surface area contributed by atoms with Crippen LogP contribution in [0.5, 0.6) is 0 Å². The lowest BCUT2D eigenvalue weighted by Crippen LogP contribution is -2.49. The number of benzene rings is 1. The third kappa shape index (κ3) is 3.47. The second-order valence-electron chi connectivity index (χ2n) is 6.33. The number of fused-ring (bicyclic) bond motifs is 1. The zero-order valence-electron chi connectivity index (χ0n) is 14.2. The van der Waals surface area contributed by atoms with Crippen molar-refractivity contribution in [2.75, 3.05) is 31.1 Å². The summed E-state index contributed by atoms with van der Waals surface area (Å²) in [5.74, 6) is 0.572. The number of rotatable bonds is 2. The molecule has 1 aliphatic rings. The largest absolute Gasteiger partial charge is 0.451 e. The predicted molar refractivity (Wildman–Crippen MR) is 93.6 cm³/mol. The van der Waals surface area contributed by atoms with E-state index in [0.717, 1.165) is 17.6 Å². The Labute approximate surface area is 153 Å². The van der Waals surface area contributed by atoms with E-state index in [1.807, 2.05) is 23.1 Å². The molecule has 2 aromatic heterocycles. The Kier molecular flexibility index (Phi) is 4.25. The van der Waals surface area contributed by atoms with Crippen LogP contribution in [0.15, 0.2) is 53.1 Å². The average Bonchev–Trinajstić information content (AvgIpc) is 3.11. The second kappa shape index (κ2) is 6.61. The SMILES string of the molecule is O=C(c1cc2ccccc2o1)N1CCN(c2ccc(C(F)(F)F)cn2)CC1. The summed E-state index contributed by atoms with van der Waals surface area (Å²) in [4.78, 5) is 20.1. The van der Waals surface area contributed by atoms with E-state index < -0.39 is 11.7 Å². The molecule has 0 unspecified atom stereocenters. The van der Waals surface area contributed by atoms with Gasteiger partial charge in [-0.25, -0.2) is 4.98 Å². The number of halogens is 3. The van der Waals surface area contributed by atoms with Gasteiger partial charge < -0.3 is 14.2 Å². The number of aromatic nitrogens is 1. The smallest absolute Gasteiger partial charge is 0.417 e. The van der Waals surface area contributed by atoms with Gasteiger partial charge in [0.1, 0.15) is 11.4 Å². The molecular weight excluding hydrogens is 359 g/mol. The first kappa shape index (κ1) is 17.4. The van der Waals surface area contributed by atoms with Crippen LogP contribution in [-0.2, 0) is 6.18 Å². The Morgan fingerprint density at radius 3 is 2.41 bits per heavy atom. The van der Waals surface area contributed by atoms with E-state index in [4.69, 9.17) is 4.42 Å². The number of hydrogen-bond donors (Lipinski definition) is 0. The maximum Gasteiger partial charge on any atom is 0.417 e. The minimum Gasteiger partial charge on any atom is -0.451 e. The lowest BCUT2D eigenvalue weighted by atomic mass is 10.2. The van der Waals surface area contributed by atoms with Crippen LogP contribution in [0.2, 0.25) is 0 Å². The Hall–Kier alpha value is -3.03. The molecular formula is C19H16F3N3O2. The summed E-state index contributed by atoms with van der Waals surface area (Å²) in [5.41, 5.74) is -0.113. The topological polar surface area (TPSA) is 49.6 Å². The number of hydrogen-bond acceptors (Lipinski definition) is 4. The highest BCUT2D eigenvalue weighted by Gasteiger charge is 2.31. The minimum absolute atomic E-state index is 0.189. The summed E-state index contributed by atoms with van der Waals surface area (Å²) in [6.07, 6.45) is -3.56. The summed E-state index contributed by atoms with van der Waals surface area (Å²) in [7, 11) is 0. The first-order valence-corrected chi connectivity index (χ1v) is 8.48. The molecule has 5 nitrogen and oxygen atoms in total. The van der Waals surface area contributed by atoms with Gasteiger partial charge in [-0.05, 0) is 24.3 Å². The molecule has 0 aliphatic carbocycles. The molecule has 0 radical (unpaired) electrons. The van der Waals surface area contributed by atoms with Crippen molar-refractivity contribution in [1.29, 1.82) is 0 Å². The van der Waals surface area contributed by atoms with Crippen LogP contribution < -0.4 is 4.90 Å². The molecule has 1 aliphatic heterocycles. The quantitative estimate of drug-likeness (QED) is 0.684. The molecule has 1 aromatic carbocycles. The molecule has 1 fully saturated rings. The van der Waals surface area contributed by atoms with Crippen LogP contribution in [0.4, 0.5) is 19.0 Å². The number of piperazine rings is 1. The van der Waals surface area contributed by atoms with Crippen molar-refractivity contribution in [3.05, 3.63) is 60.0 Å². The molecule has 1 saturated heterocycles. The highest BCUT2D eigenvalue weighted by atomic mass is 19.4. The third-order valence-electron chi connectivity index (χ3n) is 4.60. The molecule has 0 bridgehead atoms. The third-order valence-corrected chi connectivity index (χ3v) is 4.60. The van der Waals surface area contributed by atoms with E-state index in [0.29, 0.717) is 37.6 Å². The van der Waals surface area contributed by atoms with E-state index in [1.165, 1.54) is 6.07 Å². The van der Waals surface area contributed by atoms with Gasteiger partial charge in [0.25, 0.3) is 5.91 Å². The van der Waals surface area contributed by atoms with Gasteiger partial charge in [-0.3, -0.25) is 4.79 Å². The van der Waals surface area contributed by atoms with Gasteiger partial charge in [0.05, 0.1) is 5.56 Å². The fourth-order valence-corrected chi connectivity index (χ4v) is 3.12. The van der Waals surface area contributed by atoms with Gasteiger partial charge in [0.2, 0.25) is 0 Å². The summed E-state index contributed by atoms with van der Waals surface area (Å²) in [6.45, 7) is 1.87. The van der Waals surface area contributed by atoms with Gasteiger partial charge in [-0.15, -0.1) is 0 Å². The van der Waals surface area contributed by atoms with E-state index in [1.54, 1.807) is 17.0 Å². The fourth-order valence-electron chi connectivity index (χ4n) is 3.12. The van der Waals surface area contributed by atoms with Crippen LogP contribution in [-0.4, -0.2) is 42.0 Å². The highest BCUT2D eigenvalue weighted by Crippen LogP contribution is 2.29. The molecule has 1 amide bonds. The zero-order valence-corrected chi connectivity index (χ0v) is 14.2. The Bertz CT molecular complexity index is 925. The molecule has 4 rings (SSSR count). The maximum atomic E-state index is 12.6. The van der Waals surface area contributed by atoms with Gasteiger partial charge >= 0.3 is 6.18 Å². The Morgan fingerprint density at radius 2 is 1.78 bits per heavy atom. The summed E-state index contributed by atoms with van der Waals surface area (Å²) < 4.78 is 43.5. The van der Waals surface area contributed by atoms with E-state index >= 15 is 0 Å². The van der Waals surface area contributed by atoms with Crippen molar-refractivity contribution in [1.82, 2.24) is 9.88 Å². The number of nitrogens with zero attached hydrogens (tertiary/aromatic N) is 3. The first-order valence-electron chi connectivity index (χ1n) is 8.48. The number of pyridine rings is 1. The standard InChI is InChI=1S/C19H16F3N3O2/c20-19(21,22)14-5-6-17(23-12-14)24-7-9-25(10-8-24)18(26)16-11-13-3-1-2-4-15(13)27-16/h1-6,11-12H,7-10H2. The van der Waals surface area contributed by atoms with E-state index in [-0.39, 0.29) is 11.7 Å². The Morgan fingerprint density at radius 1 is 1.04 bits per heavy atom. The molecule has 140 valence electrons. The van der Waals surface area contributed by atoms with Crippen molar-refractivity contribution in [3.8, 4) is 0 Å². The predicted octanol–water partition coefficient (Wildman–Crippen LogP) is 3.81. The van der Waals surface area contributed by atoms with Crippen molar-refractivity contribution >= 4 is 22.7 Å². The molecule has 27 heavy (non-hydrogen) atoms. The van der Waals surface area contributed by atoms with Crippen molar-refractivity contribution < 1.29 is 22.4 Å². The van der Waals surface area contributed by atoms with Gasteiger partial charge in [-0.2, -0.15) is 13.2 Å². The molecule has 0 N–H and O–H groups in total. The molecule has 3 aromatic rings. The summed E-state index contributed by atoms with van der Waals surface area (Å²) >= 11 is 0. The number of carbonyl (C=O) groups is 1. The number of alkyl halides is 3. The van der Waals surface area contributed by atoms with Gasteiger partial charge in [0, 0.05) is 37.8 Å². The fraction of sp³-hybridized carbons (Fsp3) is 0.263. The average molecular weight is 375 g/mol. The van der Waals surface area contributed by atoms with Crippen molar-refractivity contribution in [2.24, 2.45) is 0 Å². The normalized spacial score (nSPS) is 15.4. The summed E-state index contributed by atoms with van der Waals surface area (Å²) in [6, 6.07) is 11.5. The highest BCUT2D eigenvalue weighted by molar-refractivity contribution is 5.96. The van der Waals surface area contributed by atoms with Crippen LogP contribution in [0.3, 0.4) is 0 Å². The lowest BCUT2D eigenvalue weighted by molar-refractivity contribution is -0.137. The number of carbonyl (C=O) groups excluding carboxylic acids is 1. The molecule has 8 heteroatoms. The van der Waals surface area contributed by atoms with Gasteiger partial charge in [0.15, 0.2) is 5.76 Å². The number of para-hydroxylation sites is 1. The second-order valence-corrected chi connectivity index (χ2v) is 6.33. The molecule has 0 saturated carbocycles. The number of furan rings is 1. The lowest BCUT2D eigenvalue weighted by Gasteiger charge is -2.35. The first-order chi connectivity index (χ1) is 12.9.